The Kier molecular flexibility index (Phi) is 7.19. The van der Waals surface area contributed by atoms with Crippen LogP contribution in [0.4, 0.5) is 0 Å². The second-order valence-electron chi connectivity index (χ2n) is 9.53. The van der Waals surface area contributed by atoms with Gasteiger partial charge in [0.2, 0.25) is 0 Å². The van der Waals surface area contributed by atoms with E-state index in [1.807, 2.05) is 0 Å². The molecule has 11 heteroatoms. The smallest absolute Gasteiger partial charge is 0.275 e. The zero-order chi connectivity index (χ0) is 26.8. The number of Topliss-reactive ketones (excluding diaryl/α,β-unsaturated/α-hetero) is 1. The molecular formula is C26H22Br2Cl2N2O5. The molecule has 7 atom stereocenters. The summed E-state index contributed by atoms with van der Waals surface area (Å²) in [6.45, 7) is 1.50. The number of hydrogen-bond acceptors (Lipinski definition) is 5. The second-order valence-corrected chi connectivity index (χ2v) is 12.5. The van der Waals surface area contributed by atoms with Crippen molar-refractivity contribution >= 4 is 78.6 Å². The highest BCUT2D eigenvalue weighted by Gasteiger charge is 2.68. The molecule has 3 fully saturated rings. The highest BCUT2D eigenvalue weighted by molar-refractivity contribution is 9.12. The van der Waals surface area contributed by atoms with Crippen molar-refractivity contribution in [2.75, 3.05) is 7.11 Å². The van der Waals surface area contributed by atoms with Crippen LogP contribution in [-0.4, -0.2) is 56.3 Å². The molecule has 5 rings (SSSR count). The van der Waals surface area contributed by atoms with Gasteiger partial charge >= 0.3 is 0 Å². The quantitative estimate of drug-likeness (QED) is 0.233. The number of carbonyl (C=O) groups is 4. The van der Waals surface area contributed by atoms with Gasteiger partial charge in [0.25, 0.3) is 17.7 Å². The Labute approximate surface area is 240 Å². The highest BCUT2D eigenvalue weighted by atomic mass is 79.9. The maximum absolute atomic E-state index is 13.9. The van der Waals surface area contributed by atoms with Gasteiger partial charge in [0.15, 0.2) is 5.78 Å². The number of hydrazine groups is 1. The summed E-state index contributed by atoms with van der Waals surface area (Å²) in [5.74, 6) is -2.79. The predicted octanol–water partition coefficient (Wildman–Crippen LogP) is 5.41. The van der Waals surface area contributed by atoms with Crippen LogP contribution in [0.2, 0.25) is 10.0 Å². The Bertz CT molecular complexity index is 1270. The van der Waals surface area contributed by atoms with Crippen molar-refractivity contribution in [2.45, 2.75) is 29.0 Å². The third-order valence-electron chi connectivity index (χ3n) is 7.67. The SMILES string of the molecule is COc1ccc(C(=O)[C@H](C)N(C(=O)c2ccc(Cl)cc2Cl)N2C(=O)[C@@H]3[C@H]4C[C@@H]([C@H](Br)[C@H]4Br)[C@H]3C2=O)cc1. The molecule has 3 amide bonds. The third-order valence-corrected chi connectivity index (χ3v) is 11.4. The van der Waals surface area contributed by atoms with Gasteiger partial charge in [-0.2, -0.15) is 5.01 Å². The van der Waals surface area contributed by atoms with Gasteiger partial charge in [-0.25, -0.2) is 5.01 Å². The molecule has 37 heavy (non-hydrogen) atoms. The van der Waals surface area contributed by atoms with Crippen LogP contribution in [0.3, 0.4) is 0 Å². The van der Waals surface area contributed by atoms with E-state index in [2.05, 4.69) is 31.9 Å². The van der Waals surface area contributed by atoms with Crippen molar-refractivity contribution in [1.29, 1.82) is 0 Å². The van der Waals surface area contributed by atoms with Crippen LogP contribution < -0.4 is 4.74 Å². The number of ketones is 1. The number of amides is 3. The fourth-order valence-electron chi connectivity index (χ4n) is 5.88. The summed E-state index contributed by atoms with van der Waals surface area (Å²) < 4.78 is 5.16. The lowest BCUT2D eigenvalue weighted by Gasteiger charge is -2.35. The lowest BCUT2D eigenvalue weighted by atomic mass is 9.81. The minimum absolute atomic E-state index is 0.0258. The normalized spacial score (nSPS) is 28.9. The largest absolute Gasteiger partial charge is 0.497 e. The van der Waals surface area contributed by atoms with Crippen LogP contribution in [0.5, 0.6) is 5.75 Å². The van der Waals surface area contributed by atoms with Gasteiger partial charge in [0, 0.05) is 20.2 Å². The molecule has 2 saturated carbocycles. The summed E-state index contributed by atoms with van der Waals surface area (Å²) in [4.78, 5) is 55.1. The van der Waals surface area contributed by atoms with Crippen molar-refractivity contribution < 1.29 is 23.9 Å². The number of imide groups is 1. The molecule has 3 aliphatic rings. The first-order valence-corrected chi connectivity index (χ1v) is 14.3. The number of halogens is 4. The Balaban J connectivity index is 1.56. The fourth-order valence-corrected chi connectivity index (χ4v) is 8.24. The number of carbonyl (C=O) groups excluding carboxylic acids is 4. The molecule has 0 radical (unpaired) electrons. The molecule has 194 valence electrons. The van der Waals surface area contributed by atoms with Crippen LogP contribution in [0.25, 0.3) is 0 Å². The molecule has 0 N–H and O–H groups in total. The first kappa shape index (κ1) is 26.7. The van der Waals surface area contributed by atoms with E-state index in [4.69, 9.17) is 27.9 Å². The summed E-state index contributed by atoms with van der Waals surface area (Å²) in [6, 6.07) is 9.53. The van der Waals surface area contributed by atoms with Crippen LogP contribution in [-0.2, 0) is 9.59 Å². The van der Waals surface area contributed by atoms with Crippen molar-refractivity contribution in [2.24, 2.45) is 23.7 Å². The van der Waals surface area contributed by atoms with Gasteiger partial charge in [-0.1, -0.05) is 55.1 Å². The van der Waals surface area contributed by atoms with Gasteiger partial charge in [-0.3, -0.25) is 19.2 Å². The minimum atomic E-state index is -1.18. The molecule has 2 aromatic carbocycles. The molecule has 2 aromatic rings. The van der Waals surface area contributed by atoms with Crippen molar-refractivity contribution in [1.82, 2.24) is 10.0 Å². The first-order chi connectivity index (χ1) is 17.6. The van der Waals surface area contributed by atoms with E-state index in [0.29, 0.717) is 16.3 Å². The first-order valence-electron chi connectivity index (χ1n) is 11.7. The van der Waals surface area contributed by atoms with E-state index in [1.165, 1.54) is 32.2 Å². The number of hydrogen-bond donors (Lipinski definition) is 0. The number of methoxy groups -OCH3 is 1. The molecule has 1 heterocycles. The van der Waals surface area contributed by atoms with E-state index in [9.17, 15) is 19.2 Å². The number of alkyl halides is 2. The van der Waals surface area contributed by atoms with E-state index in [1.54, 1.807) is 24.3 Å². The average molecular weight is 673 g/mol. The Morgan fingerprint density at radius 3 is 2.08 bits per heavy atom. The Morgan fingerprint density at radius 2 is 1.57 bits per heavy atom. The second kappa shape index (κ2) is 9.98. The van der Waals surface area contributed by atoms with Gasteiger partial charge in [-0.05, 0) is 67.6 Å². The molecule has 2 aliphatic carbocycles. The molecule has 7 nitrogen and oxygen atoms in total. The molecule has 0 spiro atoms. The summed E-state index contributed by atoms with van der Waals surface area (Å²) in [5, 5.41) is 2.23. The van der Waals surface area contributed by atoms with Crippen molar-refractivity contribution in [3.63, 3.8) is 0 Å². The topological polar surface area (TPSA) is 84.0 Å². The average Bonchev–Trinajstić information content (AvgIpc) is 3.49. The van der Waals surface area contributed by atoms with Gasteiger partial charge in [0.1, 0.15) is 11.8 Å². The number of benzene rings is 2. The zero-order valence-electron chi connectivity index (χ0n) is 19.7. The lowest BCUT2D eigenvalue weighted by Crippen LogP contribution is -2.57. The maximum Gasteiger partial charge on any atom is 0.275 e. The maximum atomic E-state index is 13.9. The van der Waals surface area contributed by atoms with E-state index in [0.717, 1.165) is 16.4 Å². The van der Waals surface area contributed by atoms with Crippen LogP contribution in [0, 0.1) is 23.7 Å². The fraction of sp³-hybridized carbons (Fsp3) is 0.385. The zero-order valence-corrected chi connectivity index (χ0v) is 24.4. The summed E-state index contributed by atoms with van der Waals surface area (Å²) >= 11 is 19.7. The standard InChI is InChI=1S/C26H22Br2Cl2N2O5/c1-11(23(33)12-3-6-14(37-2)7-4-12)31(24(34)15-8-5-13(29)9-18(15)30)32-25(35)19-16-10-17(20(19)26(32)36)22(28)21(16)27/h3-9,11,16-17,19-22H,10H2,1-2H3/t11-,16+,17+,19+,20+,21-,22-/m0/s1. The van der Waals surface area contributed by atoms with Crippen LogP contribution in [0.15, 0.2) is 42.5 Å². The molecule has 2 bridgehead atoms. The molecule has 1 saturated heterocycles. The van der Waals surface area contributed by atoms with Crippen LogP contribution in [0.1, 0.15) is 34.1 Å². The minimum Gasteiger partial charge on any atom is -0.497 e. The molecule has 0 unspecified atom stereocenters. The van der Waals surface area contributed by atoms with Crippen LogP contribution >= 0.6 is 55.1 Å². The third kappa shape index (κ3) is 4.22. The monoisotopic (exact) mass is 670 g/mol. The number of nitrogens with zero attached hydrogens (tertiary/aromatic N) is 2. The highest BCUT2D eigenvalue weighted by Crippen LogP contribution is 2.60. The van der Waals surface area contributed by atoms with Gasteiger partial charge in [-0.15, -0.1) is 0 Å². The molecule has 0 aromatic heterocycles. The van der Waals surface area contributed by atoms with E-state index in [-0.39, 0.29) is 32.1 Å². The Hall–Kier alpha value is -1.94. The van der Waals surface area contributed by atoms with E-state index >= 15 is 0 Å². The summed E-state index contributed by atoms with van der Waals surface area (Å²) in [6.07, 6.45) is 0.740. The predicted molar refractivity (Wildman–Crippen MR) is 145 cm³/mol. The van der Waals surface area contributed by atoms with Crippen molar-refractivity contribution in [3.8, 4) is 5.75 Å². The summed E-state index contributed by atoms with van der Waals surface area (Å²) in [7, 11) is 1.51. The molecule has 1 aliphatic heterocycles. The van der Waals surface area contributed by atoms with Crippen molar-refractivity contribution in [3.05, 3.63) is 63.6 Å². The van der Waals surface area contributed by atoms with Gasteiger partial charge < -0.3 is 4.74 Å². The van der Waals surface area contributed by atoms with E-state index < -0.39 is 41.4 Å². The number of ether oxygens (including phenoxy) is 1. The molecular weight excluding hydrogens is 651 g/mol. The summed E-state index contributed by atoms with van der Waals surface area (Å²) in [5.41, 5.74) is 0.325. The number of rotatable bonds is 6. The Morgan fingerprint density at radius 1 is 1.00 bits per heavy atom. The number of fused-ring (bicyclic) bond motifs is 5. The van der Waals surface area contributed by atoms with Gasteiger partial charge in [0.05, 0.1) is 29.5 Å². The lowest BCUT2D eigenvalue weighted by molar-refractivity contribution is -0.157.